The molecule has 0 unspecified atom stereocenters. The Bertz CT molecular complexity index is 326. The molecule has 0 saturated carbocycles. The predicted octanol–water partition coefficient (Wildman–Crippen LogP) is 3.91. The van der Waals surface area contributed by atoms with Gasteiger partial charge in [0.15, 0.2) is 0 Å². The quantitative estimate of drug-likeness (QED) is 0.725. The number of hydrogen-bond donors (Lipinski definition) is 0. The van der Waals surface area contributed by atoms with Crippen LogP contribution >= 0.6 is 24.0 Å². The van der Waals surface area contributed by atoms with Gasteiger partial charge in [0.1, 0.15) is 0 Å². The van der Waals surface area contributed by atoms with Gasteiger partial charge in [-0.1, -0.05) is 0 Å². The fraction of sp³-hybridized carbons (Fsp3) is 0.333. The molecule has 0 nitrogen and oxygen atoms in total. The molecular weight excluding hydrogens is 311 g/mol. The topological polar surface area (TPSA) is 0 Å². The van der Waals surface area contributed by atoms with E-state index < -0.39 is 11.7 Å². The van der Waals surface area contributed by atoms with Crippen molar-refractivity contribution in [2.75, 3.05) is 0 Å². The summed E-state index contributed by atoms with van der Waals surface area (Å²) in [5, 5.41) is 0.512. The first kappa shape index (κ1) is 15.1. The number of aryl methyl sites for hydroxylation is 1. The minimum absolute atomic E-state index is 0. The summed E-state index contributed by atoms with van der Waals surface area (Å²) >= 11 is 7.79. The van der Waals surface area contributed by atoms with Gasteiger partial charge in [0.2, 0.25) is 0 Å². The molecule has 0 atom stereocenters. The van der Waals surface area contributed by atoms with Gasteiger partial charge < -0.3 is 0 Å². The van der Waals surface area contributed by atoms with Gasteiger partial charge in [-0.15, -0.1) is 12.4 Å². The second-order valence-electron chi connectivity index (χ2n) is 2.79. The van der Waals surface area contributed by atoms with E-state index in [1.54, 1.807) is 6.07 Å². The van der Waals surface area contributed by atoms with E-state index in [0.717, 1.165) is 11.3 Å². The van der Waals surface area contributed by atoms with Crippen LogP contribution in [0.3, 0.4) is 0 Å². The van der Waals surface area contributed by atoms with E-state index >= 15 is 0 Å². The van der Waals surface area contributed by atoms with E-state index in [2.05, 4.69) is 16.9 Å². The van der Waals surface area contributed by atoms with Gasteiger partial charge in [0, 0.05) is 0 Å². The Balaban J connectivity index is 0.00000196. The summed E-state index contributed by atoms with van der Waals surface area (Å²) in [4.78, 5) is 0. The van der Waals surface area contributed by atoms with E-state index in [-0.39, 0.29) is 17.4 Å². The van der Waals surface area contributed by atoms with Crippen LogP contribution in [0.25, 0.3) is 0 Å². The van der Waals surface area contributed by atoms with Gasteiger partial charge in [-0.25, -0.2) is 0 Å². The van der Waals surface area contributed by atoms with Crippen molar-refractivity contribution in [2.45, 2.75) is 17.8 Å². The zero-order chi connectivity index (χ0) is 10.8. The Hall–Kier alpha value is 0.148. The molecule has 0 aliphatic heterocycles. The number of alkyl halides is 3. The van der Waals surface area contributed by atoms with Crippen LogP contribution in [-0.2, 0) is 12.6 Å². The number of benzene rings is 1. The Labute approximate surface area is 106 Å². The molecule has 0 amide bonds. The molecule has 2 radical (unpaired) electrons. The molecule has 1 rings (SSSR count). The monoisotopic (exact) mass is 318 g/mol. The molecule has 1 aromatic rings. The average molecular weight is 319 g/mol. The van der Waals surface area contributed by atoms with Crippen LogP contribution in [0.4, 0.5) is 13.2 Å². The van der Waals surface area contributed by atoms with Gasteiger partial charge in [0.05, 0.1) is 0 Å². The van der Waals surface area contributed by atoms with Crippen molar-refractivity contribution >= 4 is 40.9 Å². The van der Waals surface area contributed by atoms with Crippen LogP contribution in [0.1, 0.15) is 11.1 Å². The first-order valence-electron chi connectivity index (χ1n) is 3.91. The molecule has 0 aromatic heterocycles. The van der Waals surface area contributed by atoms with Crippen molar-refractivity contribution < 1.29 is 13.2 Å². The van der Waals surface area contributed by atoms with Crippen LogP contribution in [0.2, 0.25) is 10.2 Å². The van der Waals surface area contributed by atoms with Crippen LogP contribution < -0.4 is 0 Å². The fourth-order valence-electron chi connectivity index (χ4n) is 1.07. The van der Waals surface area contributed by atoms with Crippen molar-refractivity contribution in [1.29, 1.82) is 0 Å². The molecule has 6 heteroatoms. The fourth-order valence-corrected chi connectivity index (χ4v) is 1.84. The Morgan fingerprint density at radius 3 is 2.33 bits per heavy atom. The molecule has 0 bridgehead atoms. The molecule has 1 aromatic carbocycles. The third-order valence-electron chi connectivity index (χ3n) is 1.74. The third-order valence-corrected chi connectivity index (χ3v) is 2.54. The first-order chi connectivity index (χ1) is 6.45. The van der Waals surface area contributed by atoms with Gasteiger partial charge in [-0.3, -0.25) is 0 Å². The van der Waals surface area contributed by atoms with Crippen molar-refractivity contribution in [1.82, 2.24) is 0 Å². The van der Waals surface area contributed by atoms with Gasteiger partial charge >= 0.3 is 93.8 Å². The molecule has 0 N–H and O–H groups in total. The van der Waals surface area contributed by atoms with Crippen LogP contribution in [0, 0.1) is 0 Å². The van der Waals surface area contributed by atoms with E-state index in [0.29, 0.717) is 12.0 Å². The second kappa shape index (κ2) is 6.03. The van der Waals surface area contributed by atoms with E-state index in [1.807, 2.05) is 0 Å². The normalized spacial score (nSPS) is 11.0. The minimum atomic E-state index is -4.37. The Morgan fingerprint density at radius 2 is 1.87 bits per heavy atom. The maximum absolute atomic E-state index is 12.4. The summed E-state index contributed by atoms with van der Waals surface area (Å²) < 4.78 is 37.1. The zero-order valence-electron chi connectivity index (χ0n) is 7.51. The summed E-state index contributed by atoms with van der Waals surface area (Å²) in [5.74, 6) is 0. The number of halogens is 5. The molecule has 15 heavy (non-hydrogen) atoms. The number of rotatable bonds is 2. The van der Waals surface area contributed by atoms with Crippen molar-refractivity contribution in [3.8, 4) is 0 Å². The van der Waals surface area contributed by atoms with Crippen molar-refractivity contribution in [3.63, 3.8) is 0 Å². The first-order valence-corrected chi connectivity index (χ1v) is 5.62. The maximum atomic E-state index is 12.4. The average Bonchev–Trinajstić information content (AvgIpc) is 2.07. The standard InChI is InChI=1S/C9H7AsClF3.ClH/c10-4-3-6-1-2-8(11)7(5-6)9(12,13)14;/h1-2,5H,3-4H2;1H. The van der Waals surface area contributed by atoms with Gasteiger partial charge in [-0.05, 0) is 0 Å². The summed E-state index contributed by atoms with van der Waals surface area (Å²) in [6.07, 6.45) is -3.75. The van der Waals surface area contributed by atoms with Crippen LogP contribution in [-0.4, -0.2) is 16.9 Å². The molecule has 0 spiro atoms. The molecule has 0 heterocycles. The van der Waals surface area contributed by atoms with Gasteiger partial charge in [-0.2, -0.15) is 0 Å². The number of hydrogen-bond acceptors (Lipinski definition) is 0. The zero-order valence-corrected chi connectivity index (χ0v) is 11.0. The van der Waals surface area contributed by atoms with E-state index in [1.165, 1.54) is 6.07 Å². The molecule has 0 fully saturated rings. The summed E-state index contributed by atoms with van der Waals surface area (Å²) in [7, 11) is 0. The summed E-state index contributed by atoms with van der Waals surface area (Å²) in [5.41, 5.74) is -0.0973. The van der Waals surface area contributed by atoms with Crippen molar-refractivity contribution in [2.24, 2.45) is 0 Å². The van der Waals surface area contributed by atoms with E-state index in [9.17, 15) is 13.2 Å². The Kier molecular flexibility index (Phi) is 6.08. The van der Waals surface area contributed by atoms with Crippen LogP contribution in [0.5, 0.6) is 0 Å². The predicted molar refractivity (Wildman–Crippen MR) is 58.0 cm³/mol. The van der Waals surface area contributed by atoms with E-state index in [4.69, 9.17) is 11.6 Å². The van der Waals surface area contributed by atoms with Crippen molar-refractivity contribution in [3.05, 3.63) is 34.3 Å². The molecular formula is C9H8AsCl2F3. The molecule has 0 saturated heterocycles. The molecule has 84 valence electrons. The van der Waals surface area contributed by atoms with Gasteiger partial charge in [0.25, 0.3) is 0 Å². The third kappa shape index (κ3) is 4.26. The Morgan fingerprint density at radius 1 is 1.27 bits per heavy atom. The summed E-state index contributed by atoms with van der Waals surface area (Å²) in [6.45, 7) is 0. The second-order valence-corrected chi connectivity index (χ2v) is 4.13. The SMILES string of the molecule is Cl.FC(F)(F)c1cc(CC[As])ccc1Cl. The summed E-state index contributed by atoms with van der Waals surface area (Å²) in [6, 6.07) is 4.02. The molecule has 0 aliphatic rings. The van der Waals surface area contributed by atoms with Crippen LogP contribution in [0.15, 0.2) is 18.2 Å². The molecule has 0 aliphatic carbocycles.